The lowest BCUT2D eigenvalue weighted by Crippen LogP contribution is -2.35. The van der Waals surface area contributed by atoms with E-state index in [4.69, 9.17) is 9.47 Å². The number of hydrogen-bond acceptors (Lipinski definition) is 5. The number of nitrogens with zero attached hydrogens (tertiary/aromatic N) is 2. The van der Waals surface area contributed by atoms with Gasteiger partial charge in [0.1, 0.15) is 0 Å². The summed E-state index contributed by atoms with van der Waals surface area (Å²) in [5.41, 5.74) is 4.49. The molecule has 0 aliphatic rings. The first kappa shape index (κ1) is 27.0. The fourth-order valence-electron chi connectivity index (χ4n) is 3.90. The van der Waals surface area contributed by atoms with Gasteiger partial charge in [-0.3, -0.25) is 9.78 Å². The molecule has 2 aromatic carbocycles. The molecule has 0 aliphatic carbocycles. The van der Waals surface area contributed by atoms with Crippen LogP contribution in [-0.4, -0.2) is 56.2 Å². The van der Waals surface area contributed by atoms with Crippen LogP contribution < -0.4 is 14.8 Å². The second-order valence-electron chi connectivity index (χ2n) is 8.88. The zero-order chi connectivity index (χ0) is 25.8. The van der Waals surface area contributed by atoms with E-state index in [0.717, 1.165) is 47.6 Å². The molecule has 1 N–H and O–H groups in total. The molecule has 1 aromatic heterocycles. The van der Waals surface area contributed by atoms with E-state index in [2.05, 4.69) is 59.5 Å². The molecule has 0 spiro atoms. The molecule has 1 amide bonds. The molecule has 0 radical (unpaired) electrons. The van der Waals surface area contributed by atoms with Crippen molar-refractivity contribution in [1.29, 1.82) is 0 Å². The summed E-state index contributed by atoms with van der Waals surface area (Å²) in [6.45, 7) is 3.77. The number of rotatable bonds is 13. The van der Waals surface area contributed by atoms with Crippen LogP contribution in [0.25, 0.3) is 17.2 Å². The number of carbonyl (C=O) groups is 1. The second kappa shape index (κ2) is 14.0. The van der Waals surface area contributed by atoms with Crippen LogP contribution in [0.1, 0.15) is 30.9 Å². The number of pyridine rings is 1. The molecule has 0 fully saturated rings. The van der Waals surface area contributed by atoms with Crippen LogP contribution in [-0.2, 0) is 11.2 Å². The SMILES string of the molecule is COc1ccc(CCN(C)C(C)CCNC(=O)C/C=C/c2ccc(-c3cccnc3)cc2)cc1OC. The maximum Gasteiger partial charge on any atom is 0.223 e. The van der Waals surface area contributed by atoms with Crippen LogP contribution in [0, 0.1) is 0 Å². The molecule has 0 aliphatic heterocycles. The summed E-state index contributed by atoms with van der Waals surface area (Å²) in [5.74, 6) is 1.54. The lowest BCUT2D eigenvalue weighted by molar-refractivity contribution is -0.120. The van der Waals surface area contributed by atoms with E-state index in [-0.39, 0.29) is 5.91 Å². The highest BCUT2D eigenvalue weighted by Gasteiger charge is 2.11. The third kappa shape index (κ3) is 8.24. The van der Waals surface area contributed by atoms with Crippen molar-refractivity contribution in [2.45, 2.75) is 32.2 Å². The number of aromatic nitrogens is 1. The average molecular weight is 488 g/mol. The van der Waals surface area contributed by atoms with Crippen LogP contribution in [0.15, 0.2) is 73.1 Å². The minimum Gasteiger partial charge on any atom is -0.493 e. The Morgan fingerprint density at radius 3 is 2.53 bits per heavy atom. The number of methoxy groups -OCH3 is 2. The quantitative estimate of drug-likeness (QED) is 0.357. The Balaban J connectivity index is 1.35. The Hall–Kier alpha value is -3.64. The number of carbonyl (C=O) groups excluding carboxylic acids is 1. The van der Waals surface area contributed by atoms with Gasteiger partial charge >= 0.3 is 0 Å². The molecule has 6 heteroatoms. The summed E-state index contributed by atoms with van der Waals surface area (Å²) in [6, 6.07) is 18.6. The zero-order valence-corrected chi connectivity index (χ0v) is 21.7. The molecule has 1 unspecified atom stereocenters. The molecule has 6 nitrogen and oxygen atoms in total. The summed E-state index contributed by atoms with van der Waals surface area (Å²) >= 11 is 0. The minimum atomic E-state index is 0.0402. The number of benzene rings is 2. The zero-order valence-electron chi connectivity index (χ0n) is 21.7. The van der Waals surface area contributed by atoms with Crippen LogP contribution in [0.4, 0.5) is 0 Å². The number of likely N-dealkylation sites (N-methyl/N-ethyl adjacent to an activating group) is 1. The van der Waals surface area contributed by atoms with Gasteiger partial charge in [-0.05, 0) is 67.3 Å². The topological polar surface area (TPSA) is 63.7 Å². The van der Waals surface area contributed by atoms with Crippen molar-refractivity contribution >= 4 is 12.0 Å². The van der Waals surface area contributed by atoms with Gasteiger partial charge in [0.25, 0.3) is 0 Å². The van der Waals surface area contributed by atoms with Crippen molar-refractivity contribution in [2.24, 2.45) is 0 Å². The predicted octanol–water partition coefficient (Wildman–Crippen LogP) is 5.24. The summed E-state index contributed by atoms with van der Waals surface area (Å²) in [4.78, 5) is 18.7. The molecule has 3 rings (SSSR count). The Morgan fingerprint density at radius 2 is 1.83 bits per heavy atom. The smallest absolute Gasteiger partial charge is 0.223 e. The van der Waals surface area contributed by atoms with Gasteiger partial charge in [-0.25, -0.2) is 0 Å². The normalized spacial score (nSPS) is 12.0. The molecule has 190 valence electrons. The molecular formula is C30H37N3O3. The van der Waals surface area contributed by atoms with Crippen molar-refractivity contribution in [2.75, 3.05) is 34.4 Å². The Kier molecular flexibility index (Phi) is 10.5. The van der Waals surface area contributed by atoms with Crippen molar-refractivity contribution in [3.8, 4) is 22.6 Å². The fourth-order valence-corrected chi connectivity index (χ4v) is 3.90. The summed E-state index contributed by atoms with van der Waals surface area (Å²) < 4.78 is 10.7. The van der Waals surface area contributed by atoms with Crippen molar-refractivity contribution in [3.05, 3.63) is 84.2 Å². The predicted molar refractivity (Wildman–Crippen MR) is 146 cm³/mol. The number of nitrogens with one attached hydrogen (secondary N) is 1. The number of ether oxygens (including phenoxy) is 2. The van der Waals surface area contributed by atoms with Gasteiger partial charge < -0.3 is 19.7 Å². The highest BCUT2D eigenvalue weighted by Crippen LogP contribution is 2.27. The van der Waals surface area contributed by atoms with Gasteiger partial charge in [0.15, 0.2) is 11.5 Å². The first-order valence-electron chi connectivity index (χ1n) is 12.3. The molecule has 0 saturated heterocycles. The largest absolute Gasteiger partial charge is 0.493 e. The minimum absolute atomic E-state index is 0.0402. The fraction of sp³-hybridized carbons (Fsp3) is 0.333. The van der Waals surface area contributed by atoms with Gasteiger partial charge in [-0.2, -0.15) is 0 Å². The third-order valence-corrected chi connectivity index (χ3v) is 6.36. The highest BCUT2D eigenvalue weighted by atomic mass is 16.5. The van der Waals surface area contributed by atoms with Crippen molar-refractivity contribution < 1.29 is 14.3 Å². The molecule has 3 aromatic rings. The van der Waals surface area contributed by atoms with E-state index in [1.807, 2.05) is 42.6 Å². The number of amides is 1. The van der Waals surface area contributed by atoms with Gasteiger partial charge in [0, 0.05) is 37.9 Å². The highest BCUT2D eigenvalue weighted by molar-refractivity contribution is 5.78. The lowest BCUT2D eigenvalue weighted by atomic mass is 10.1. The first-order chi connectivity index (χ1) is 17.5. The van der Waals surface area contributed by atoms with Gasteiger partial charge in [-0.15, -0.1) is 0 Å². The monoisotopic (exact) mass is 487 g/mol. The van der Waals surface area contributed by atoms with Crippen LogP contribution in [0.3, 0.4) is 0 Å². The first-order valence-corrected chi connectivity index (χ1v) is 12.3. The maximum atomic E-state index is 12.2. The van der Waals surface area contributed by atoms with Crippen molar-refractivity contribution in [1.82, 2.24) is 15.2 Å². The summed E-state index contributed by atoms with van der Waals surface area (Å²) in [6.07, 6.45) is 9.70. The van der Waals surface area contributed by atoms with Crippen molar-refractivity contribution in [3.63, 3.8) is 0 Å². The van der Waals surface area contributed by atoms with E-state index < -0.39 is 0 Å². The Morgan fingerprint density at radius 1 is 1.06 bits per heavy atom. The van der Waals surface area contributed by atoms with E-state index in [1.165, 1.54) is 5.56 Å². The number of hydrogen-bond donors (Lipinski definition) is 1. The average Bonchev–Trinajstić information content (AvgIpc) is 2.92. The van der Waals surface area contributed by atoms with Gasteiger partial charge in [0.2, 0.25) is 5.91 Å². The van der Waals surface area contributed by atoms with E-state index >= 15 is 0 Å². The lowest BCUT2D eigenvalue weighted by Gasteiger charge is -2.25. The van der Waals surface area contributed by atoms with E-state index in [1.54, 1.807) is 20.4 Å². The van der Waals surface area contributed by atoms with Crippen LogP contribution in [0.5, 0.6) is 11.5 Å². The Labute approximate surface area is 215 Å². The molecule has 0 bridgehead atoms. The maximum absolute atomic E-state index is 12.2. The standard InChI is InChI=1S/C30H37N3O3/c1-23(33(2)20-17-25-12-15-28(35-3)29(21-25)36-4)16-19-32-30(34)9-5-7-24-10-13-26(14-11-24)27-8-6-18-31-22-27/h5-8,10-15,18,21-23H,9,16-17,19-20H2,1-4H3,(H,32,34)/b7-5+. The van der Waals surface area contributed by atoms with Gasteiger partial charge in [-0.1, -0.05) is 48.6 Å². The molecule has 1 atom stereocenters. The van der Waals surface area contributed by atoms with Gasteiger partial charge in [0.05, 0.1) is 14.2 Å². The van der Waals surface area contributed by atoms with E-state index in [0.29, 0.717) is 19.0 Å². The van der Waals surface area contributed by atoms with E-state index in [9.17, 15) is 4.79 Å². The Bertz CT molecular complexity index is 1110. The summed E-state index contributed by atoms with van der Waals surface area (Å²) in [7, 11) is 5.42. The molecule has 0 saturated carbocycles. The van der Waals surface area contributed by atoms with Crippen LogP contribution >= 0.6 is 0 Å². The molecular weight excluding hydrogens is 450 g/mol. The second-order valence-corrected chi connectivity index (χ2v) is 8.88. The third-order valence-electron chi connectivity index (χ3n) is 6.36. The molecule has 36 heavy (non-hydrogen) atoms. The van der Waals surface area contributed by atoms with Crippen LogP contribution in [0.2, 0.25) is 0 Å². The molecule has 1 heterocycles. The summed E-state index contributed by atoms with van der Waals surface area (Å²) in [5, 5.41) is 3.03.